The van der Waals surface area contributed by atoms with Crippen molar-refractivity contribution >= 4 is 11.6 Å². The number of guanidine groups is 1. The van der Waals surface area contributed by atoms with Gasteiger partial charge in [0.1, 0.15) is 11.7 Å². The molecule has 1 aromatic carbocycles. The van der Waals surface area contributed by atoms with E-state index in [0.717, 1.165) is 23.6 Å². The highest BCUT2D eigenvalue weighted by Gasteiger charge is 2.38. The Morgan fingerprint density at radius 3 is 2.67 bits per heavy atom. The zero-order valence-electron chi connectivity index (χ0n) is 14.9. The van der Waals surface area contributed by atoms with E-state index < -0.39 is 17.5 Å². The summed E-state index contributed by atoms with van der Waals surface area (Å²) in [5, 5.41) is 6.47. The van der Waals surface area contributed by atoms with Crippen LogP contribution in [0.2, 0.25) is 0 Å². The fraction of sp³-hybridized carbons (Fsp3) is 0.222. The third-order valence-corrected chi connectivity index (χ3v) is 4.37. The molecule has 0 saturated heterocycles. The van der Waals surface area contributed by atoms with Gasteiger partial charge in [-0.15, -0.1) is 0 Å². The maximum absolute atomic E-state index is 13.1. The number of imidazole rings is 1. The van der Waals surface area contributed by atoms with Gasteiger partial charge in [-0.2, -0.15) is 0 Å². The summed E-state index contributed by atoms with van der Waals surface area (Å²) in [7, 11) is 1.88. The lowest BCUT2D eigenvalue weighted by atomic mass is 9.93. The molecule has 2 aromatic heterocycles. The van der Waals surface area contributed by atoms with Gasteiger partial charge in [-0.3, -0.25) is 5.73 Å². The number of para-hydroxylation sites is 1. The zero-order valence-corrected chi connectivity index (χ0v) is 14.9. The first-order valence-electron chi connectivity index (χ1n) is 8.43. The minimum absolute atomic E-state index is 0.404. The van der Waals surface area contributed by atoms with Gasteiger partial charge in [-0.25, -0.2) is 24.3 Å². The molecular formula is C18H19FN8. The van der Waals surface area contributed by atoms with E-state index >= 15 is 0 Å². The third kappa shape index (κ3) is 3.13. The van der Waals surface area contributed by atoms with Crippen LogP contribution >= 0.6 is 0 Å². The highest BCUT2D eigenvalue weighted by Crippen LogP contribution is 2.32. The van der Waals surface area contributed by atoms with E-state index in [1.807, 2.05) is 49.0 Å². The first kappa shape index (κ1) is 17.1. The van der Waals surface area contributed by atoms with Crippen LogP contribution in [-0.2, 0) is 12.7 Å². The second kappa shape index (κ2) is 6.44. The molecule has 138 valence electrons. The molecule has 3 aromatic rings. The second-order valence-corrected chi connectivity index (χ2v) is 6.44. The third-order valence-electron chi connectivity index (χ3n) is 4.37. The maximum Gasteiger partial charge on any atom is 0.198 e. The van der Waals surface area contributed by atoms with Crippen molar-refractivity contribution in [3.05, 3.63) is 72.1 Å². The quantitative estimate of drug-likeness (QED) is 0.651. The summed E-state index contributed by atoms with van der Waals surface area (Å²) in [6, 6.07) is 7.30. The monoisotopic (exact) mass is 366 g/mol. The van der Waals surface area contributed by atoms with Crippen LogP contribution in [-0.4, -0.2) is 25.5 Å². The van der Waals surface area contributed by atoms with Gasteiger partial charge in [-0.1, -0.05) is 18.2 Å². The van der Waals surface area contributed by atoms with Crippen LogP contribution in [0.25, 0.3) is 0 Å². The van der Waals surface area contributed by atoms with Crippen LogP contribution in [0.3, 0.4) is 0 Å². The summed E-state index contributed by atoms with van der Waals surface area (Å²) in [5.74, 6) is 0.381. The Hall–Kier alpha value is -3.33. The van der Waals surface area contributed by atoms with Crippen molar-refractivity contribution in [1.82, 2.24) is 24.8 Å². The van der Waals surface area contributed by atoms with E-state index in [2.05, 4.69) is 30.6 Å². The average molecular weight is 366 g/mol. The van der Waals surface area contributed by atoms with E-state index in [4.69, 9.17) is 5.73 Å². The van der Waals surface area contributed by atoms with Crippen molar-refractivity contribution in [2.24, 2.45) is 17.8 Å². The number of aliphatic imine (C=N–C) groups is 1. The molecule has 0 radical (unpaired) electrons. The van der Waals surface area contributed by atoms with Gasteiger partial charge in [0, 0.05) is 24.5 Å². The molecular weight excluding hydrogens is 347 g/mol. The number of anilines is 1. The molecule has 1 unspecified atom stereocenters. The number of rotatable bonds is 3. The number of nitrogens with zero attached hydrogens (tertiary/aromatic N) is 5. The minimum Gasteiger partial charge on any atom is -0.340 e. The molecule has 3 heterocycles. The molecule has 1 aliphatic heterocycles. The van der Waals surface area contributed by atoms with Gasteiger partial charge in [0.15, 0.2) is 23.3 Å². The SMILES string of the molecule is C[C@H](N=C1Nc2ccccc2C(N)(c2cn(C)cn2)N1)c1ncc(F)cn1. The van der Waals surface area contributed by atoms with E-state index in [-0.39, 0.29) is 0 Å². The maximum atomic E-state index is 13.1. The zero-order chi connectivity index (χ0) is 19.0. The number of hydrogen-bond acceptors (Lipinski definition) is 5. The topological polar surface area (TPSA) is 106 Å². The largest absolute Gasteiger partial charge is 0.340 e. The van der Waals surface area contributed by atoms with Gasteiger partial charge in [0.2, 0.25) is 0 Å². The summed E-state index contributed by atoms with van der Waals surface area (Å²) in [4.78, 5) is 17.0. The van der Waals surface area contributed by atoms with E-state index in [1.54, 1.807) is 6.33 Å². The van der Waals surface area contributed by atoms with Crippen LogP contribution in [0.4, 0.5) is 10.1 Å². The summed E-state index contributed by atoms with van der Waals surface area (Å²) >= 11 is 0. The molecule has 8 nitrogen and oxygen atoms in total. The molecule has 1 aliphatic rings. The predicted molar refractivity (Wildman–Crippen MR) is 99.2 cm³/mol. The number of nitrogens with two attached hydrogens (primary N) is 1. The predicted octanol–water partition coefficient (Wildman–Crippen LogP) is 1.64. The molecule has 4 rings (SSSR count). The lowest BCUT2D eigenvalue weighted by Gasteiger charge is -2.37. The van der Waals surface area contributed by atoms with Gasteiger partial charge >= 0.3 is 0 Å². The fourth-order valence-electron chi connectivity index (χ4n) is 3.02. The normalized spacial score (nSPS) is 21.3. The van der Waals surface area contributed by atoms with Crippen molar-refractivity contribution in [2.45, 2.75) is 18.6 Å². The lowest BCUT2D eigenvalue weighted by molar-refractivity contribution is 0.477. The molecule has 4 N–H and O–H groups in total. The van der Waals surface area contributed by atoms with Crippen molar-refractivity contribution in [3.63, 3.8) is 0 Å². The standard InChI is InChI=1S/C18H19FN8/c1-11(16-21-7-12(19)8-22-16)24-17-25-14-6-4-3-5-13(14)18(20,26-17)15-9-27(2)10-23-15/h3-11H,20H2,1-2H3,(H2,24,25,26)/t11-,18?/m0/s1. The number of aromatic nitrogens is 4. The Labute approximate surface area is 155 Å². The molecule has 0 amide bonds. The molecule has 0 spiro atoms. The first-order valence-corrected chi connectivity index (χ1v) is 8.43. The van der Waals surface area contributed by atoms with Gasteiger partial charge in [-0.05, 0) is 13.0 Å². The minimum atomic E-state index is -1.05. The molecule has 9 heteroatoms. The molecule has 27 heavy (non-hydrogen) atoms. The highest BCUT2D eigenvalue weighted by atomic mass is 19.1. The summed E-state index contributed by atoms with van der Waals surface area (Å²) in [5.41, 5.74) is 8.04. The molecule has 0 saturated carbocycles. The highest BCUT2D eigenvalue weighted by molar-refractivity contribution is 5.98. The molecule has 0 fully saturated rings. The van der Waals surface area contributed by atoms with E-state index in [9.17, 15) is 4.39 Å². The Morgan fingerprint density at radius 2 is 1.96 bits per heavy atom. The van der Waals surface area contributed by atoms with Crippen LogP contribution in [0.15, 0.2) is 54.2 Å². The molecule has 0 bridgehead atoms. The van der Waals surface area contributed by atoms with Gasteiger partial charge in [0.05, 0.1) is 18.7 Å². The van der Waals surface area contributed by atoms with Crippen molar-refractivity contribution in [3.8, 4) is 0 Å². The number of aryl methyl sites for hydroxylation is 1. The number of nitrogens with one attached hydrogen (secondary N) is 2. The number of hydrogen-bond donors (Lipinski definition) is 3. The van der Waals surface area contributed by atoms with Crippen LogP contribution < -0.4 is 16.4 Å². The number of halogens is 1. The number of fused-ring (bicyclic) bond motifs is 1. The Bertz CT molecular complexity index is 997. The van der Waals surface area contributed by atoms with Crippen molar-refractivity contribution < 1.29 is 4.39 Å². The second-order valence-electron chi connectivity index (χ2n) is 6.44. The molecule has 2 atom stereocenters. The summed E-state index contributed by atoms with van der Waals surface area (Å²) < 4.78 is 14.9. The van der Waals surface area contributed by atoms with Gasteiger partial charge < -0.3 is 15.2 Å². The van der Waals surface area contributed by atoms with E-state index in [0.29, 0.717) is 17.5 Å². The average Bonchev–Trinajstić information content (AvgIpc) is 3.09. The van der Waals surface area contributed by atoms with Crippen molar-refractivity contribution in [2.75, 3.05) is 5.32 Å². The van der Waals surface area contributed by atoms with E-state index in [1.165, 1.54) is 0 Å². The Kier molecular flexibility index (Phi) is 4.08. The van der Waals surface area contributed by atoms with Gasteiger partial charge in [0.25, 0.3) is 0 Å². The Balaban J connectivity index is 1.73. The lowest BCUT2D eigenvalue weighted by Crippen LogP contribution is -2.59. The van der Waals surface area contributed by atoms with Crippen LogP contribution in [0, 0.1) is 5.82 Å². The Morgan fingerprint density at radius 1 is 1.22 bits per heavy atom. The van der Waals surface area contributed by atoms with Crippen molar-refractivity contribution in [1.29, 1.82) is 0 Å². The summed E-state index contributed by atoms with van der Waals surface area (Å²) in [6.45, 7) is 1.82. The molecule has 0 aliphatic carbocycles. The summed E-state index contributed by atoms with van der Waals surface area (Å²) in [6.07, 6.45) is 5.80. The van der Waals surface area contributed by atoms with Crippen LogP contribution in [0.5, 0.6) is 0 Å². The number of benzene rings is 1. The fourth-order valence-corrected chi connectivity index (χ4v) is 3.02. The smallest absolute Gasteiger partial charge is 0.198 e. The first-order chi connectivity index (χ1) is 13.0. The van der Waals surface area contributed by atoms with Crippen LogP contribution in [0.1, 0.15) is 30.0 Å².